The van der Waals surface area contributed by atoms with Gasteiger partial charge in [0.1, 0.15) is 6.04 Å². The molecule has 0 bridgehead atoms. The van der Waals surface area contributed by atoms with Crippen LogP contribution in [0, 0.1) is 11.3 Å². The van der Waals surface area contributed by atoms with Gasteiger partial charge in [-0.25, -0.2) is 4.79 Å². The van der Waals surface area contributed by atoms with Gasteiger partial charge in [-0.3, -0.25) is 14.5 Å². The van der Waals surface area contributed by atoms with Gasteiger partial charge in [-0.1, -0.05) is 47.1 Å². The minimum atomic E-state index is -1.00. The average Bonchev–Trinajstić information content (AvgIpc) is 2.67. The molecule has 1 heterocycles. The summed E-state index contributed by atoms with van der Waals surface area (Å²) >= 11 is 0. The van der Waals surface area contributed by atoms with Crippen LogP contribution in [-0.2, 0) is 14.4 Å². The number of hydrogen-bond acceptors (Lipinski definition) is 4. The van der Waals surface area contributed by atoms with E-state index >= 15 is 0 Å². The summed E-state index contributed by atoms with van der Waals surface area (Å²) in [5.74, 6) is -1.29. The maximum atomic E-state index is 13.5. The number of nitrogens with one attached hydrogen (secondary N) is 1. The van der Waals surface area contributed by atoms with Gasteiger partial charge in [-0.15, -0.1) is 0 Å². The second-order valence-corrected chi connectivity index (χ2v) is 10.5. The number of carboxylic acids is 1. The van der Waals surface area contributed by atoms with Crippen LogP contribution >= 0.6 is 0 Å². The van der Waals surface area contributed by atoms with E-state index in [1.807, 2.05) is 34.6 Å². The van der Waals surface area contributed by atoms with Crippen LogP contribution in [0.15, 0.2) is 11.6 Å². The number of carbonyl (C=O) groups is 3. The maximum Gasteiger partial charge on any atom is 0.331 e. The zero-order chi connectivity index (χ0) is 24.1. The molecule has 0 spiro atoms. The zero-order valence-corrected chi connectivity index (χ0v) is 20.9. The highest BCUT2D eigenvalue weighted by atomic mass is 16.4. The molecule has 0 aromatic carbocycles. The van der Waals surface area contributed by atoms with E-state index in [4.69, 9.17) is 0 Å². The van der Waals surface area contributed by atoms with Gasteiger partial charge in [0, 0.05) is 18.7 Å². The van der Waals surface area contributed by atoms with Crippen LogP contribution in [0.4, 0.5) is 0 Å². The molecule has 3 atom stereocenters. The quantitative estimate of drug-likeness (QED) is 0.569. The molecule has 31 heavy (non-hydrogen) atoms. The highest BCUT2D eigenvalue weighted by Crippen LogP contribution is 2.25. The number of nitrogens with zero attached hydrogens (tertiary/aromatic N) is 2. The molecule has 1 aliphatic heterocycles. The molecular formula is C24H43N3O4. The largest absolute Gasteiger partial charge is 0.478 e. The van der Waals surface area contributed by atoms with Gasteiger partial charge in [0.25, 0.3) is 0 Å². The highest BCUT2D eigenvalue weighted by Gasteiger charge is 2.39. The van der Waals surface area contributed by atoms with Crippen molar-refractivity contribution < 1.29 is 19.5 Å². The van der Waals surface area contributed by atoms with Gasteiger partial charge < -0.3 is 15.3 Å². The molecule has 7 heteroatoms. The summed E-state index contributed by atoms with van der Waals surface area (Å²) in [5, 5.41) is 12.3. The van der Waals surface area contributed by atoms with Crippen LogP contribution in [-0.4, -0.2) is 70.4 Å². The predicted octanol–water partition coefficient (Wildman–Crippen LogP) is 3.29. The lowest BCUT2D eigenvalue weighted by Gasteiger charge is -2.41. The molecule has 7 nitrogen and oxygen atoms in total. The summed E-state index contributed by atoms with van der Waals surface area (Å²) in [4.78, 5) is 41.9. The van der Waals surface area contributed by atoms with E-state index in [2.05, 4.69) is 24.1 Å². The summed E-state index contributed by atoms with van der Waals surface area (Å²) < 4.78 is 0. The van der Waals surface area contributed by atoms with Crippen molar-refractivity contribution in [2.75, 3.05) is 13.6 Å². The first-order valence-electron chi connectivity index (χ1n) is 11.4. The number of likely N-dealkylation sites (N-methyl/N-ethyl adjacent to an activating group) is 1. The molecule has 0 aromatic heterocycles. The second kappa shape index (κ2) is 11.1. The number of aliphatic carboxylic acids is 1. The minimum Gasteiger partial charge on any atom is -0.478 e. The lowest BCUT2D eigenvalue weighted by atomic mass is 9.84. The van der Waals surface area contributed by atoms with Crippen LogP contribution in [0.1, 0.15) is 74.7 Å². The fourth-order valence-corrected chi connectivity index (χ4v) is 4.17. The van der Waals surface area contributed by atoms with Gasteiger partial charge >= 0.3 is 5.97 Å². The molecule has 0 aromatic rings. The topological polar surface area (TPSA) is 90.0 Å². The van der Waals surface area contributed by atoms with Crippen molar-refractivity contribution in [2.24, 2.45) is 11.3 Å². The van der Waals surface area contributed by atoms with Crippen molar-refractivity contribution >= 4 is 17.8 Å². The van der Waals surface area contributed by atoms with E-state index in [1.54, 1.807) is 18.0 Å². The summed E-state index contributed by atoms with van der Waals surface area (Å²) in [6.07, 6.45) is 4.50. The van der Waals surface area contributed by atoms with E-state index < -0.39 is 17.4 Å². The number of piperidine rings is 1. The summed E-state index contributed by atoms with van der Waals surface area (Å²) in [7, 11) is 1.69. The maximum absolute atomic E-state index is 13.5. The molecule has 178 valence electrons. The van der Waals surface area contributed by atoms with Crippen LogP contribution in [0.5, 0.6) is 0 Å². The van der Waals surface area contributed by atoms with Crippen LogP contribution in [0.25, 0.3) is 0 Å². The van der Waals surface area contributed by atoms with E-state index in [1.165, 1.54) is 6.92 Å². The second-order valence-electron chi connectivity index (χ2n) is 10.5. The first kappa shape index (κ1) is 27.1. The molecule has 2 unspecified atom stereocenters. The van der Waals surface area contributed by atoms with Crippen molar-refractivity contribution in [2.45, 2.75) is 98.8 Å². The van der Waals surface area contributed by atoms with Gasteiger partial charge in [0.2, 0.25) is 11.8 Å². The smallest absolute Gasteiger partial charge is 0.331 e. The number of carboxylic acid groups (broad SMARTS) is 1. The number of hydrogen-bond donors (Lipinski definition) is 2. The molecule has 1 rings (SSSR count). The fraction of sp³-hybridized carbons (Fsp3) is 0.792. The van der Waals surface area contributed by atoms with E-state index in [0.717, 1.165) is 25.8 Å². The van der Waals surface area contributed by atoms with Crippen LogP contribution in [0.3, 0.4) is 0 Å². The Morgan fingerprint density at radius 1 is 1.13 bits per heavy atom. The number of rotatable bonds is 8. The lowest BCUT2D eigenvalue weighted by molar-refractivity contribution is -0.142. The van der Waals surface area contributed by atoms with Gasteiger partial charge in [-0.05, 0) is 51.5 Å². The van der Waals surface area contributed by atoms with E-state index in [9.17, 15) is 19.5 Å². The van der Waals surface area contributed by atoms with Crippen molar-refractivity contribution in [1.29, 1.82) is 0 Å². The molecular weight excluding hydrogens is 394 g/mol. The summed E-state index contributed by atoms with van der Waals surface area (Å²) in [6.45, 7) is 16.3. The summed E-state index contributed by atoms with van der Waals surface area (Å²) in [6, 6.07) is -1.06. The first-order chi connectivity index (χ1) is 14.2. The van der Waals surface area contributed by atoms with Gasteiger partial charge in [-0.2, -0.15) is 0 Å². The van der Waals surface area contributed by atoms with E-state index in [-0.39, 0.29) is 41.4 Å². The molecule has 2 N–H and O–H groups in total. The average molecular weight is 438 g/mol. The lowest BCUT2D eigenvalue weighted by Crippen LogP contribution is -2.60. The normalized spacial score (nSPS) is 20.5. The molecule has 1 saturated heterocycles. The van der Waals surface area contributed by atoms with Crippen LogP contribution < -0.4 is 5.32 Å². The first-order valence-corrected chi connectivity index (χ1v) is 11.4. The van der Waals surface area contributed by atoms with Crippen molar-refractivity contribution in [1.82, 2.24) is 15.1 Å². The van der Waals surface area contributed by atoms with Crippen molar-refractivity contribution in [3.8, 4) is 0 Å². The number of likely N-dealkylation sites (tertiary alicyclic amines) is 1. The Bertz CT molecular complexity index is 679. The molecule has 0 saturated carbocycles. The molecule has 1 fully saturated rings. The van der Waals surface area contributed by atoms with Crippen LogP contribution in [0.2, 0.25) is 0 Å². The predicted molar refractivity (Wildman–Crippen MR) is 124 cm³/mol. The Labute approximate surface area is 188 Å². The molecule has 1 aliphatic rings. The third kappa shape index (κ3) is 7.34. The minimum absolute atomic E-state index is 0.0225. The summed E-state index contributed by atoms with van der Waals surface area (Å²) in [5.41, 5.74) is -0.296. The highest BCUT2D eigenvalue weighted by molar-refractivity contribution is 5.91. The standard InChI is InChI=1S/C24H43N3O4/c1-15(2)19(14-17(5)23(30)31)26(9)22(29)20(24(6,7)8)25-21(28)18-12-10-11-13-27(18)16(3)4/h14-16,18-20H,10-13H2,1-9H3,(H,25,28)(H,30,31)/b17-14+/t18-,19?,20?/m0/s1. The Hall–Kier alpha value is -1.89. The number of amides is 2. The fourth-order valence-electron chi connectivity index (χ4n) is 4.17. The third-order valence-corrected chi connectivity index (χ3v) is 6.15. The van der Waals surface area contributed by atoms with Gasteiger partial charge in [0.05, 0.1) is 12.1 Å². The number of carbonyl (C=O) groups excluding carboxylic acids is 2. The van der Waals surface area contributed by atoms with Crippen molar-refractivity contribution in [3.63, 3.8) is 0 Å². The third-order valence-electron chi connectivity index (χ3n) is 6.15. The molecule has 0 radical (unpaired) electrons. The van der Waals surface area contributed by atoms with E-state index in [0.29, 0.717) is 0 Å². The Morgan fingerprint density at radius 2 is 1.71 bits per heavy atom. The molecule has 2 amide bonds. The SMILES string of the molecule is C/C(=C\C(C(C)C)N(C)C(=O)C(NC(=O)[C@@H]1CCCCN1C(C)C)C(C)(C)C)C(=O)O. The Balaban J connectivity index is 3.15. The Morgan fingerprint density at radius 3 is 2.16 bits per heavy atom. The van der Waals surface area contributed by atoms with Crippen molar-refractivity contribution in [3.05, 3.63) is 11.6 Å². The zero-order valence-electron chi connectivity index (χ0n) is 20.9. The Kier molecular flexibility index (Phi) is 9.73. The van der Waals surface area contributed by atoms with Gasteiger partial charge in [0.15, 0.2) is 0 Å². The molecule has 0 aliphatic carbocycles. The monoisotopic (exact) mass is 437 g/mol.